The molecule has 2 aromatic rings. The number of hydrogen-bond acceptors (Lipinski definition) is 3. The van der Waals surface area contributed by atoms with E-state index in [-0.39, 0.29) is 0 Å². The number of aromatic nitrogens is 2. The highest BCUT2D eigenvalue weighted by Crippen LogP contribution is 2.28. The minimum atomic E-state index is 0.669. The van der Waals surface area contributed by atoms with E-state index in [1.54, 1.807) is 0 Å². The Morgan fingerprint density at radius 2 is 2.00 bits per heavy atom. The molecule has 2 rings (SSSR count). The third-order valence-electron chi connectivity index (χ3n) is 2.61. The van der Waals surface area contributed by atoms with Crippen molar-refractivity contribution in [1.82, 2.24) is 9.97 Å². The Labute approximate surface area is 125 Å². The van der Waals surface area contributed by atoms with Crippen molar-refractivity contribution < 1.29 is 0 Å². The quantitative estimate of drug-likeness (QED) is 0.826. The fraction of sp³-hybridized carbons (Fsp3) is 0.231. The van der Waals surface area contributed by atoms with Gasteiger partial charge in [-0.25, -0.2) is 9.97 Å². The molecule has 1 N–H and O–H groups in total. The highest BCUT2D eigenvalue weighted by Gasteiger charge is 2.13. The molecule has 94 valence electrons. The molecular formula is C13H13ClIN3. The van der Waals surface area contributed by atoms with Crippen LogP contribution in [0.25, 0.3) is 11.4 Å². The van der Waals surface area contributed by atoms with Gasteiger partial charge in [-0.05, 0) is 41.1 Å². The van der Waals surface area contributed by atoms with Crippen LogP contribution < -0.4 is 5.32 Å². The maximum absolute atomic E-state index is 6.19. The minimum Gasteiger partial charge on any atom is -0.372 e. The molecule has 0 fully saturated rings. The molecule has 3 nitrogen and oxygen atoms in total. The van der Waals surface area contributed by atoms with Crippen LogP contribution in [0.3, 0.4) is 0 Å². The fourth-order valence-corrected chi connectivity index (χ4v) is 2.77. The Kier molecular flexibility index (Phi) is 4.40. The Morgan fingerprint density at radius 1 is 1.28 bits per heavy atom. The number of rotatable bonds is 3. The van der Waals surface area contributed by atoms with Crippen molar-refractivity contribution in [3.8, 4) is 11.4 Å². The van der Waals surface area contributed by atoms with E-state index in [2.05, 4.69) is 44.8 Å². The zero-order chi connectivity index (χ0) is 13.1. The number of benzene rings is 1. The van der Waals surface area contributed by atoms with Gasteiger partial charge in [-0.2, -0.15) is 0 Å². The van der Waals surface area contributed by atoms with Gasteiger partial charge in [0.05, 0.1) is 14.3 Å². The summed E-state index contributed by atoms with van der Waals surface area (Å²) in [5.41, 5.74) is 1.90. The summed E-state index contributed by atoms with van der Waals surface area (Å²) in [5, 5.41) is 3.77. The van der Waals surface area contributed by atoms with E-state index in [0.29, 0.717) is 10.8 Å². The van der Waals surface area contributed by atoms with Crippen molar-refractivity contribution >= 4 is 40.0 Å². The van der Waals surface area contributed by atoms with Crippen LogP contribution >= 0.6 is 34.2 Å². The summed E-state index contributed by atoms with van der Waals surface area (Å²) < 4.78 is 1.06. The molecule has 1 aromatic heterocycles. The van der Waals surface area contributed by atoms with Gasteiger partial charge in [-0.15, -0.1) is 0 Å². The summed E-state index contributed by atoms with van der Waals surface area (Å²) in [6, 6.07) is 7.62. The second-order valence-corrected chi connectivity index (χ2v) is 5.23. The van der Waals surface area contributed by atoms with Crippen LogP contribution in [0.5, 0.6) is 0 Å². The predicted octanol–water partition coefficient (Wildman–Crippen LogP) is 4.01. The fourth-order valence-electron chi connectivity index (χ4n) is 1.66. The first-order valence-corrected chi connectivity index (χ1v) is 7.12. The second-order valence-electron chi connectivity index (χ2n) is 3.74. The van der Waals surface area contributed by atoms with Gasteiger partial charge in [-0.1, -0.05) is 30.7 Å². The molecule has 0 atom stereocenters. The van der Waals surface area contributed by atoms with Crippen LogP contribution in [0, 0.1) is 3.57 Å². The largest absolute Gasteiger partial charge is 0.372 e. The maximum atomic E-state index is 6.19. The second kappa shape index (κ2) is 5.84. The first-order chi connectivity index (χ1) is 8.67. The lowest BCUT2D eigenvalue weighted by Gasteiger charge is -2.10. The SMILES string of the molecule is CCc1nc(-c2ccccc2Cl)nc(NC)c1I. The first-order valence-electron chi connectivity index (χ1n) is 5.66. The molecule has 18 heavy (non-hydrogen) atoms. The van der Waals surface area contributed by atoms with Crippen molar-refractivity contribution in [2.24, 2.45) is 0 Å². The van der Waals surface area contributed by atoms with Crippen LogP contribution in [0.2, 0.25) is 5.02 Å². The number of nitrogens with one attached hydrogen (secondary N) is 1. The summed E-state index contributed by atoms with van der Waals surface area (Å²) >= 11 is 8.45. The molecule has 0 saturated heterocycles. The van der Waals surface area contributed by atoms with Crippen LogP contribution in [-0.2, 0) is 6.42 Å². The minimum absolute atomic E-state index is 0.669. The van der Waals surface area contributed by atoms with E-state index in [9.17, 15) is 0 Å². The highest BCUT2D eigenvalue weighted by molar-refractivity contribution is 14.1. The molecule has 0 bridgehead atoms. The van der Waals surface area contributed by atoms with E-state index >= 15 is 0 Å². The molecule has 0 amide bonds. The summed E-state index contributed by atoms with van der Waals surface area (Å²) in [4.78, 5) is 9.10. The Bertz CT molecular complexity index is 547. The Balaban J connectivity index is 2.62. The van der Waals surface area contributed by atoms with Gasteiger partial charge in [-0.3, -0.25) is 0 Å². The molecule has 0 spiro atoms. The number of nitrogens with zero attached hydrogens (tertiary/aromatic N) is 2. The lowest BCUT2D eigenvalue weighted by molar-refractivity contribution is 0.990. The summed E-state index contributed by atoms with van der Waals surface area (Å²) in [5.74, 6) is 1.51. The Hall–Kier alpha value is -0.880. The average Bonchev–Trinajstić information content (AvgIpc) is 2.40. The summed E-state index contributed by atoms with van der Waals surface area (Å²) in [6.45, 7) is 2.08. The highest BCUT2D eigenvalue weighted by atomic mass is 127. The molecule has 0 aliphatic heterocycles. The smallest absolute Gasteiger partial charge is 0.163 e. The van der Waals surface area contributed by atoms with Gasteiger partial charge in [0.25, 0.3) is 0 Å². The Morgan fingerprint density at radius 3 is 2.61 bits per heavy atom. The summed E-state index contributed by atoms with van der Waals surface area (Å²) in [7, 11) is 1.86. The zero-order valence-electron chi connectivity index (χ0n) is 10.2. The lowest BCUT2D eigenvalue weighted by atomic mass is 10.2. The van der Waals surface area contributed by atoms with Gasteiger partial charge in [0.2, 0.25) is 0 Å². The van der Waals surface area contributed by atoms with Crippen LogP contribution in [-0.4, -0.2) is 17.0 Å². The molecular weight excluding hydrogens is 361 g/mol. The number of anilines is 1. The van der Waals surface area contributed by atoms with Crippen molar-refractivity contribution in [3.63, 3.8) is 0 Å². The van der Waals surface area contributed by atoms with Crippen LogP contribution in [0.1, 0.15) is 12.6 Å². The topological polar surface area (TPSA) is 37.8 Å². The monoisotopic (exact) mass is 373 g/mol. The third kappa shape index (κ3) is 2.59. The van der Waals surface area contributed by atoms with Crippen LogP contribution in [0.4, 0.5) is 5.82 Å². The maximum Gasteiger partial charge on any atom is 0.163 e. The molecule has 5 heteroatoms. The van der Waals surface area contributed by atoms with E-state index in [0.717, 1.165) is 27.1 Å². The van der Waals surface area contributed by atoms with E-state index in [4.69, 9.17) is 11.6 Å². The lowest BCUT2D eigenvalue weighted by Crippen LogP contribution is -2.04. The van der Waals surface area contributed by atoms with Crippen molar-refractivity contribution in [2.45, 2.75) is 13.3 Å². The molecule has 1 aromatic carbocycles. The predicted molar refractivity (Wildman–Crippen MR) is 84.1 cm³/mol. The normalized spacial score (nSPS) is 10.4. The van der Waals surface area contributed by atoms with Gasteiger partial charge in [0.1, 0.15) is 5.82 Å². The number of aryl methyl sites for hydroxylation is 1. The van der Waals surface area contributed by atoms with Crippen molar-refractivity contribution in [3.05, 3.63) is 38.6 Å². The molecule has 1 heterocycles. The first kappa shape index (κ1) is 13.5. The molecule has 0 unspecified atom stereocenters. The molecule has 0 saturated carbocycles. The van der Waals surface area contributed by atoms with E-state index in [1.807, 2.05) is 31.3 Å². The number of hydrogen-bond donors (Lipinski definition) is 1. The molecule has 0 aliphatic carbocycles. The third-order valence-corrected chi connectivity index (χ3v) is 4.07. The van der Waals surface area contributed by atoms with Crippen LogP contribution in [0.15, 0.2) is 24.3 Å². The van der Waals surface area contributed by atoms with Gasteiger partial charge in [0.15, 0.2) is 5.82 Å². The van der Waals surface area contributed by atoms with E-state index in [1.165, 1.54) is 0 Å². The zero-order valence-corrected chi connectivity index (χ0v) is 13.1. The summed E-state index contributed by atoms with van der Waals surface area (Å²) in [6.07, 6.45) is 0.868. The van der Waals surface area contributed by atoms with Gasteiger partial charge >= 0.3 is 0 Å². The van der Waals surface area contributed by atoms with Crippen molar-refractivity contribution in [2.75, 3.05) is 12.4 Å². The molecule has 0 radical (unpaired) electrons. The number of halogens is 2. The van der Waals surface area contributed by atoms with Gasteiger partial charge < -0.3 is 5.32 Å². The van der Waals surface area contributed by atoms with E-state index < -0.39 is 0 Å². The average molecular weight is 374 g/mol. The van der Waals surface area contributed by atoms with Gasteiger partial charge in [0, 0.05) is 12.6 Å². The van der Waals surface area contributed by atoms with Crippen molar-refractivity contribution in [1.29, 1.82) is 0 Å². The standard InChI is InChI=1S/C13H13ClIN3/c1-3-10-11(15)13(16-2)18-12(17-10)8-6-4-5-7-9(8)14/h4-7H,3H2,1-2H3,(H,16,17,18). The molecule has 0 aliphatic rings.